The molecule has 3 aromatic rings. The van der Waals surface area contributed by atoms with E-state index in [1.165, 1.54) is 23.2 Å². The third-order valence-electron chi connectivity index (χ3n) is 8.64. The number of nitrogens with zero attached hydrogens (tertiary/aromatic N) is 4. The average Bonchev–Trinajstić information content (AvgIpc) is 3.71. The molecule has 2 N–H and O–H groups in total. The maximum atomic E-state index is 14.4. The van der Waals surface area contributed by atoms with Crippen LogP contribution >= 0.6 is 0 Å². The normalized spacial score (nSPS) is 21.4. The molecule has 0 aliphatic carbocycles. The molecule has 14 heteroatoms. The number of anilines is 1. The quantitative estimate of drug-likeness (QED) is 0.341. The molecule has 2 aliphatic rings. The van der Waals surface area contributed by atoms with Crippen LogP contribution in [0.4, 0.5) is 5.69 Å². The Morgan fingerprint density at radius 2 is 1.88 bits per heavy atom. The lowest BCUT2D eigenvalue weighted by Crippen LogP contribution is -2.47. The Kier molecular flexibility index (Phi) is 11.5. The number of aryl methyl sites for hydroxylation is 1. The zero-order valence-corrected chi connectivity index (χ0v) is 29.1. The van der Waals surface area contributed by atoms with Gasteiger partial charge in [0.05, 0.1) is 36.7 Å². The second kappa shape index (κ2) is 15.6. The summed E-state index contributed by atoms with van der Waals surface area (Å²) in [5.41, 5.74) is 1.48. The Balaban J connectivity index is 1.40. The number of aromatic nitrogens is 2. The van der Waals surface area contributed by atoms with Crippen LogP contribution in [0.25, 0.3) is 0 Å². The number of fused-ring (bicyclic) bond motifs is 2. The molecule has 1 aromatic heterocycles. The van der Waals surface area contributed by atoms with Crippen molar-refractivity contribution in [1.82, 2.24) is 19.4 Å². The summed E-state index contributed by atoms with van der Waals surface area (Å²) in [6, 6.07) is 10.1. The molecule has 2 aliphatic heterocycles. The molecule has 0 saturated carbocycles. The van der Waals surface area contributed by atoms with Crippen molar-refractivity contribution in [3.63, 3.8) is 0 Å². The fourth-order valence-electron chi connectivity index (χ4n) is 5.91. The van der Waals surface area contributed by atoms with Crippen LogP contribution in [0.3, 0.4) is 0 Å². The van der Waals surface area contributed by atoms with E-state index in [1.807, 2.05) is 39.1 Å². The number of sulfonamides is 1. The molecule has 0 bridgehead atoms. The van der Waals surface area contributed by atoms with Gasteiger partial charge in [0.15, 0.2) is 16.5 Å². The minimum absolute atomic E-state index is 0.112. The van der Waals surface area contributed by atoms with Crippen molar-refractivity contribution in [1.29, 1.82) is 0 Å². The Morgan fingerprint density at radius 3 is 2.62 bits per heavy atom. The van der Waals surface area contributed by atoms with Crippen molar-refractivity contribution in [2.75, 3.05) is 44.9 Å². The lowest BCUT2D eigenvalue weighted by Gasteiger charge is -2.36. The van der Waals surface area contributed by atoms with Crippen LogP contribution in [0.5, 0.6) is 17.2 Å². The molecule has 262 valence electrons. The summed E-state index contributed by atoms with van der Waals surface area (Å²) < 4.78 is 54.0. The summed E-state index contributed by atoms with van der Waals surface area (Å²) in [6.45, 7) is 7.88. The van der Waals surface area contributed by atoms with Gasteiger partial charge in [-0.05, 0) is 76.1 Å². The SMILES string of the molecule is C[C@@H]1CCCCO[C@@H](CN(C)Cc2ccc3c(c2)OCO3)[C@H](C)CN([C@H](C)CO)C(=O)c2cc(NS(=O)(=O)c3cn(C)cn3)ccc2O1. The highest BCUT2D eigenvalue weighted by molar-refractivity contribution is 7.92. The lowest BCUT2D eigenvalue weighted by atomic mass is 10.0. The molecule has 48 heavy (non-hydrogen) atoms. The van der Waals surface area contributed by atoms with E-state index in [9.17, 15) is 18.3 Å². The van der Waals surface area contributed by atoms with Crippen LogP contribution in [-0.2, 0) is 28.4 Å². The van der Waals surface area contributed by atoms with Gasteiger partial charge in [0.25, 0.3) is 15.9 Å². The fourth-order valence-corrected chi connectivity index (χ4v) is 6.94. The number of aliphatic hydroxyl groups excluding tert-OH is 1. The van der Waals surface area contributed by atoms with Gasteiger partial charge in [0.1, 0.15) is 5.75 Å². The van der Waals surface area contributed by atoms with Crippen molar-refractivity contribution in [3.05, 3.63) is 60.0 Å². The lowest BCUT2D eigenvalue weighted by molar-refractivity contribution is -0.0177. The van der Waals surface area contributed by atoms with Gasteiger partial charge >= 0.3 is 0 Å². The summed E-state index contributed by atoms with van der Waals surface area (Å²) >= 11 is 0. The van der Waals surface area contributed by atoms with Crippen molar-refractivity contribution in [2.45, 2.75) is 69.9 Å². The predicted molar refractivity (Wildman–Crippen MR) is 180 cm³/mol. The van der Waals surface area contributed by atoms with E-state index in [2.05, 4.69) is 14.6 Å². The van der Waals surface area contributed by atoms with Gasteiger partial charge in [0, 0.05) is 51.1 Å². The van der Waals surface area contributed by atoms with Gasteiger partial charge in [-0.25, -0.2) is 4.98 Å². The minimum Gasteiger partial charge on any atom is -0.490 e. The molecule has 2 aromatic carbocycles. The number of hydrogen-bond acceptors (Lipinski definition) is 10. The molecule has 0 unspecified atom stereocenters. The van der Waals surface area contributed by atoms with Crippen LogP contribution in [0.15, 0.2) is 53.9 Å². The fraction of sp³-hybridized carbons (Fsp3) is 0.529. The number of amides is 1. The van der Waals surface area contributed by atoms with E-state index in [0.29, 0.717) is 32.0 Å². The molecule has 0 saturated heterocycles. The van der Waals surface area contributed by atoms with E-state index in [-0.39, 0.29) is 53.7 Å². The highest BCUT2D eigenvalue weighted by Crippen LogP contribution is 2.33. The van der Waals surface area contributed by atoms with Gasteiger partial charge in [-0.15, -0.1) is 0 Å². The summed E-state index contributed by atoms with van der Waals surface area (Å²) in [4.78, 5) is 22.2. The smallest absolute Gasteiger partial charge is 0.280 e. The molecule has 13 nitrogen and oxygen atoms in total. The number of imidazole rings is 1. The number of carbonyl (C=O) groups is 1. The second-order valence-electron chi connectivity index (χ2n) is 12.9. The number of aliphatic hydroxyl groups is 1. The highest BCUT2D eigenvalue weighted by Gasteiger charge is 2.31. The number of hydrogen-bond donors (Lipinski definition) is 2. The molecule has 0 radical (unpaired) electrons. The number of likely N-dealkylation sites (N-methyl/N-ethyl adjacent to an activating group) is 1. The van der Waals surface area contributed by atoms with Crippen molar-refractivity contribution in [2.24, 2.45) is 13.0 Å². The first kappa shape index (κ1) is 35.5. The maximum Gasteiger partial charge on any atom is 0.280 e. The number of benzene rings is 2. The Hall–Kier alpha value is -3.85. The minimum atomic E-state index is -4.01. The van der Waals surface area contributed by atoms with Gasteiger partial charge in [-0.3, -0.25) is 14.4 Å². The zero-order chi connectivity index (χ0) is 34.4. The van der Waals surface area contributed by atoms with Gasteiger partial charge in [0.2, 0.25) is 6.79 Å². The first-order valence-corrected chi connectivity index (χ1v) is 17.8. The first-order chi connectivity index (χ1) is 22.9. The van der Waals surface area contributed by atoms with Crippen LogP contribution in [0.2, 0.25) is 0 Å². The molecule has 3 heterocycles. The molecule has 4 atom stereocenters. The third kappa shape index (κ3) is 8.78. The first-order valence-electron chi connectivity index (χ1n) is 16.4. The Bertz CT molecular complexity index is 1660. The monoisotopic (exact) mass is 685 g/mol. The predicted octanol–water partition coefficient (Wildman–Crippen LogP) is 3.88. The Labute approximate surface area is 282 Å². The number of carbonyl (C=O) groups excluding carboxylic acids is 1. The standard InChI is InChI=1S/C34H47N5O8S/c1-23-16-39(24(2)20-40)34(41)28-15-27(36-48(42,43)33-19-38(5)21-35-33)10-12-29(28)47-25(3)8-6-7-13-44-32(23)18-37(4)17-26-9-11-30-31(14-26)46-22-45-30/h9-12,14-15,19,21,23-25,32,36,40H,6-8,13,16-18,20,22H2,1-5H3/t23-,24-,25-,32+/m1/s1. The van der Waals surface area contributed by atoms with E-state index >= 15 is 0 Å². The zero-order valence-electron chi connectivity index (χ0n) is 28.3. The van der Waals surface area contributed by atoms with Gasteiger partial charge in [-0.2, -0.15) is 8.42 Å². The van der Waals surface area contributed by atoms with Crippen LogP contribution in [0.1, 0.15) is 56.0 Å². The molecule has 1 amide bonds. The molecule has 0 fully saturated rings. The topological polar surface area (TPSA) is 145 Å². The average molecular weight is 686 g/mol. The number of ether oxygens (including phenoxy) is 4. The highest BCUT2D eigenvalue weighted by atomic mass is 32.2. The van der Waals surface area contributed by atoms with Crippen LogP contribution in [-0.4, -0.2) is 97.2 Å². The Morgan fingerprint density at radius 1 is 1.10 bits per heavy atom. The van der Waals surface area contributed by atoms with E-state index < -0.39 is 16.1 Å². The summed E-state index contributed by atoms with van der Waals surface area (Å²) in [5, 5.41) is 10.1. The summed E-state index contributed by atoms with van der Waals surface area (Å²) in [5.74, 6) is 1.34. The van der Waals surface area contributed by atoms with Gasteiger partial charge < -0.3 is 33.5 Å². The molecular formula is C34H47N5O8S. The molecule has 5 rings (SSSR count). The van der Waals surface area contributed by atoms with E-state index in [1.54, 1.807) is 31.0 Å². The third-order valence-corrected chi connectivity index (χ3v) is 9.91. The number of rotatable bonds is 9. The van der Waals surface area contributed by atoms with Crippen molar-refractivity contribution >= 4 is 21.6 Å². The summed E-state index contributed by atoms with van der Waals surface area (Å²) in [7, 11) is -0.290. The van der Waals surface area contributed by atoms with Gasteiger partial charge in [-0.1, -0.05) is 13.0 Å². The molecule has 0 spiro atoms. The summed E-state index contributed by atoms with van der Waals surface area (Å²) in [6.07, 6.45) is 4.84. The number of nitrogens with one attached hydrogen (secondary N) is 1. The van der Waals surface area contributed by atoms with Crippen molar-refractivity contribution < 1.29 is 37.3 Å². The largest absolute Gasteiger partial charge is 0.490 e. The van der Waals surface area contributed by atoms with Crippen molar-refractivity contribution in [3.8, 4) is 17.2 Å². The molecular weight excluding hydrogens is 638 g/mol. The maximum absolute atomic E-state index is 14.4. The van der Waals surface area contributed by atoms with E-state index in [0.717, 1.165) is 36.3 Å². The second-order valence-corrected chi connectivity index (χ2v) is 14.5. The van der Waals surface area contributed by atoms with E-state index in [4.69, 9.17) is 18.9 Å². The van der Waals surface area contributed by atoms with Crippen LogP contribution in [0, 0.1) is 5.92 Å². The van der Waals surface area contributed by atoms with Crippen LogP contribution < -0.4 is 18.9 Å².